The maximum Gasteiger partial charge on any atom is 0.334 e. The Labute approximate surface area is 122 Å². The predicted molar refractivity (Wildman–Crippen MR) is 79.4 cm³/mol. The van der Waals surface area contributed by atoms with Crippen LogP contribution in [-0.2, 0) is 9.53 Å². The molecule has 0 amide bonds. The molecule has 0 saturated carbocycles. The molecule has 0 aliphatic carbocycles. The molecule has 0 radical (unpaired) electrons. The van der Waals surface area contributed by atoms with Crippen LogP contribution in [-0.4, -0.2) is 36.1 Å². The molecule has 20 heavy (non-hydrogen) atoms. The fourth-order valence-electron chi connectivity index (χ4n) is 4.43. The zero-order valence-corrected chi connectivity index (χ0v) is 12.8. The van der Waals surface area contributed by atoms with E-state index in [9.17, 15) is 4.79 Å². The summed E-state index contributed by atoms with van der Waals surface area (Å²) in [6.45, 7) is 6.82. The van der Waals surface area contributed by atoms with E-state index in [1.165, 1.54) is 45.2 Å². The van der Waals surface area contributed by atoms with E-state index >= 15 is 0 Å². The minimum Gasteiger partial charge on any atom is -0.455 e. The summed E-state index contributed by atoms with van der Waals surface area (Å²) in [5, 5.41) is 0. The molecule has 2 saturated heterocycles. The highest BCUT2D eigenvalue weighted by Crippen LogP contribution is 2.37. The molecule has 0 N–H and O–H groups in total. The Morgan fingerprint density at radius 3 is 2.85 bits per heavy atom. The number of carbonyl (C=O) groups is 1. The van der Waals surface area contributed by atoms with Crippen molar-refractivity contribution in [3.63, 3.8) is 0 Å². The monoisotopic (exact) mass is 277 g/mol. The summed E-state index contributed by atoms with van der Waals surface area (Å²) in [4.78, 5) is 14.2. The summed E-state index contributed by atoms with van der Waals surface area (Å²) in [5.74, 6) is 1.30. The molecule has 0 unspecified atom stereocenters. The van der Waals surface area contributed by atoms with Gasteiger partial charge in [0.2, 0.25) is 0 Å². The van der Waals surface area contributed by atoms with Gasteiger partial charge in [-0.05, 0) is 70.0 Å². The molecule has 3 aliphatic rings. The van der Waals surface area contributed by atoms with Gasteiger partial charge in [0, 0.05) is 11.6 Å². The van der Waals surface area contributed by atoms with Gasteiger partial charge in [-0.2, -0.15) is 0 Å². The molecule has 0 bridgehead atoms. The van der Waals surface area contributed by atoms with Crippen molar-refractivity contribution in [2.24, 2.45) is 11.8 Å². The fraction of sp³-hybridized carbons (Fsp3) is 0.824. The zero-order chi connectivity index (χ0) is 14.1. The Bertz CT molecular complexity index is 404. The van der Waals surface area contributed by atoms with E-state index < -0.39 is 0 Å². The molecule has 3 aliphatic heterocycles. The summed E-state index contributed by atoms with van der Waals surface area (Å²) < 4.78 is 5.43. The lowest BCUT2D eigenvalue weighted by Crippen LogP contribution is -2.37. The van der Waals surface area contributed by atoms with Crippen molar-refractivity contribution in [3.05, 3.63) is 11.6 Å². The van der Waals surface area contributed by atoms with Crippen LogP contribution in [0.3, 0.4) is 0 Å². The van der Waals surface area contributed by atoms with E-state index in [0.717, 1.165) is 24.0 Å². The van der Waals surface area contributed by atoms with Crippen LogP contribution in [0.4, 0.5) is 0 Å². The fourth-order valence-corrected chi connectivity index (χ4v) is 4.43. The molecule has 3 heteroatoms. The van der Waals surface area contributed by atoms with Gasteiger partial charge in [-0.3, -0.25) is 0 Å². The van der Waals surface area contributed by atoms with Crippen LogP contribution < -0.4 is 0 Å². The van der Waals surface area contributed by atoms with Crippen LogP contribution >= 0.6 is 0 Å². The molecular weight excluding hydrogens is 250 g/mol. The minimum absolute atomic E-state index is 0.0237. The van der Waals surface area contributed by atoms with Crippen molar-refractivity contribution in [2.45, 2.75) is 64.5 Å². The second-order valence-electron chi connectivity index (χ2n) is 6.91. The van der Waals surface area contributed by atoms with Crippen LogP contribution in [0.5, 0.6) is 0 Å². The molecule has 0 aromatic carbocycles. The lowest BCUT2D eigenvalue weighted by atomic mass is 9.80. The molecule has 0 aromatic heterocycles. The summed E-state index contributed by atoms with van der Waals surface area (Å²) in [5.41, 5.74) is 0.783. The normalized spacial score (nSPS) is 36.2. The molecule has 112 valence electrons. The lowest BCUT2D eigenvalue weighted by Gasteiger charge is -2.33. The number of carbonyl (C=O) groups excluding carboxylic acids is 1. The molecule has 3 heterocycles. The highest BCUT2D eigenvalue weighted by atomic mass is 16.5. The van der Waals surface area contributed by atoms with Gasteiger partial charge in [0.15, 0.2) is 0 Å². The van der Waals surface area contributed by atoms with Gasteiger partial charge in [-0.1, -0.05) is 13.3 Å². The van der Waals surface area contributed by atoms with Gasteiger partial charge in [0.05, 0.1) is 0 Å². The Kier molecular flexibility index (Phi) is 4.16. The predicted octanol–water partition coefficient (Wildman–Crippen LogP) is 3.15. The molecule has 3 nitrogen and oxygen atoms in total. The molecule has 4 atom stereocenters. The summed E-state index contributed by atoms with van der Waals surface area (Å²) in [7, 11) is 0. The number of ether oxygens (including phenoxy) is 1. The lowest BCUT2D eigenvalue weighted by molar-refractivity contribution is -0.140. The Morgan fingerprint density at radius 1 is 1.30 bits per heavy atom. The average molecular weight is 277 g/mol. The van der Waals surface area contributed by atoms with E-state index in [1.54, 1.807) is 0 Å². The van der Waals surface area contributed by atoms with Crippen molar-refractivity contribution in [1.82, 2.24) is 4.90 Å². The van der Waals surface area contributed by atoms with Crippen molar-refractivity contribution >= 4 is 5.97 Å². The Hall–Kier alpha value is -0.830. The molecule has 3 rings (SSSR count). The molecule has 2 fully saturated rings. The number of esters is 1. The van der Waals surface area contributed by atoms with E-state index in [4.69, 9.17) is 4.74 Å². The first-order valence-corrected chi connectivity index (χ1v) is 8.28. The third-order valence-electron chi connectivity index (χ3n) is 5.49. The number of nitrogens with zero attached hydrogens (tertiary/aromatic N) is 1. The second kappa shape index (κ2) is 5.88. The third-order valence-corrected chi connectivity index (χ3v) is 5.49. The van der Waals surface area contributed by atoms with Gasteiger partial charge in [-0.15, -0.1) is 0 Å². The van der Waals surface area contributed by atoms with Crippen molar-refractivity contribution < 1.29 is 9.53 Å². The van der Waals surface area contributed by atoms with E-state index in [1.807, 2.05) is 13.0 Å². The second-order valence-corrected chi connectivity index (χ2v) is 6.91. The quantitative estimate of drug-likeness (QED) is 0.742. The number of hydrogen-bond acceptors (Lipinski definition) is 3. The van der Waals surface area contributed by atoms with Gasteiger partial charge in [-0.25, -0.2) is 4.79 Å². The largest absolute Gasteiger partial charge is 0.455 e. The van der Waals surface area contributed by atoms with Crippen LogP contribution in [0.15, 0.2) is 11.6 Å². The van der Waals surface area contributed by atoms with Gasteiger partial charge in [0.1, 0.15) is 6.10 Å². The van der Waals surface area contributed by atoms with E-state index in [0.29, 0.717) is 5.92 Å². The van der Waals surface area contributed by atoms with Crippen LogP contribution in [0.2, 0.25) is 0 Å². The van der Waals surface area contributed by atoms with Crippen molar-refractivity contribution in [1.29, 1.82) is 0 Å². The van der Waals surface area contributed by atoms with Gasteiger partial charge >= 0.3 is 5.97 Å². The van der Waals surface area contributed by atoms with Gasteiger partial charge in [0.25, 0.3) is 0 Å². The number of hydrogen-bond donors (Lipinski definition) is 0. The first-order chi connectivity index (χ1) is 9.65. The number of rotatable bonds is 3. The summed E-state index contributed by atoms with van der Waals surface area (Å²) in [6, 6.07) is 0.787. The topological polar surface area (TPSA) is 29.5 Å². The van der Waals surface area contributed by atoms with Crippen molar-refractivity contribution in [3.8, 4) is 0 Å². The van der Waals surface area contributed by atoms with E-state index in [2.05, 4.69) is 11.8 Å². The Morgan fingerprint density at radius 2 is 2.10 bits per heavy atom. The summed E-state index contributed by atoms with van der Waals surface area (Å²) in [6.07, 6.45) is 9.85. The highest BCUT2D eigenvalue weighted by molar-refractivity contribution is 5.90. The minimum atomic E-state index is -0.120. The average Bonchev–Trinajstić information content (AvgIpc) is 2.92. The van der Waals surface area contributed by atoms with Gasteiger partial charge < -0.3 is 9.64 Å². The Balaban J connectivity index is 1.63. The molecular formula is C17H27NO2. The van der Waals surface area contributed by atoms with Crippen molar-refractivity contribution in [2.75, 3.05) is 13.1 Å². The summed E-state index contributed by atoms with van der Waals surface area (Å²) >= 11 is 0. The first kappa shape index (κ1) is 14.1. The van der Waals surface area contributed by atoms with Crippen LogP contribution in [0, 0.1) is 11.8 Å². The molecule has 0 spiro atoms. The molecule has 0 aromatic rings. The smallest absolute Gasteiger partial charge is 0.334 e. The van der Waals surface area contributed by atoms with E-state index in [-0.39, 0.29) is 12.1 Å². The maximum absolute atomic E-state index is 11.5. The number of cyclic esters (lactones) is 1. The number of fused-ring (bicyclic) bond motifs is 1. The maximum atomic E-state index is 11.5. The highest BCUT2D eigenvalue weighted by Gasteiger charge is 2.37. The third kappa shape index (κ3) is 2.78. The van der Waals surface area contributed by atoms with Crippen LogP contribution in [0.25, 0.3) is 0 Å². The zero-order valence-electron chi connectivity index (χ0n) is 12.8. The first-order valence-electron chi connectivity index (χ1n) is 8.28. The standard InChI is InChI=1S/C17H27NO2/c1-12(10-14-11-13(2)17(19)20-14)15-6-3-4-8-18-9-5-7-16(15)18/h11-12,14-16H,3-10H2,1-2H3/t12-,14+,15-,16+/m1/s1. The SMILES string of the molecule is CC1=C[C@H](C[C@@H](C)[C@H]2CCCCN3CCC[C@@H]23)OC1=O. The van der Waals surface area contributed by atoms with Crippen LogP contribution in [0.1, 0.15) is 52.4 Å².